The van der Waals surface area contributed by atoms with E-state index in [2.05, 4.69) is 51.3 Å². The first-order valence-corrected chi connectivity index (χ1v) is 12.4. The molecule has 1 atom stereocenters. The Kier molecular flexibility index (Phi) is 6.63. The molecule has 6 nitrogen and oxygen atoms in total. The number of anilines is 1. The summed E-state index contributed by atoms with van der Waals surface area (Å²) in [5.74, 6) is 1.71. The molecule has 2 fully saturated rings. The molecular weight excluding hydrogens is 410 g/mol. The van der Waals surface area contributed by atoms with E-state index in [1.54, 1.807) is 0 Å². The van der Waals surface area contributed by atoms with Crippen molar-refractivity contribution in [3.05, 3.63) is 59.7 Å². The minimum absolute atomic E-state index is 0.0357. The molecule has 3 heterocycles. The molecule has 2 aromatic carbocycles. The summed E-state index contributed by atoms with van der Waals surface area (Å²) in [6, 6.07) is 17.0. The molecule has 0 saturated carbocycles. The molecule has 0 radical (unpaired) electrons. The number of imidazole rings is 1. The van der Waals surface area contributed by atoms with Gasteiger partial charge in [-0.2, -0.15) is 0 Å². The van der Waals surface area contributed by atoms with Crippen molar-refractivity contribution in [2.75, 3.05) is 37.6 Å². The molecule has 0 bridgehead atoms. The van der Waals surface area contributed by atoms with Crippen LogP contribution < -0.4 is 10.2 Å². The number of hydrogen-bond donors (Lipinski definition) is 2. The fraction of sp³-hybridized carbons (Fsp3) is 0.481. The van der Waals surface area contributed by atoms with Crippen LogP contribution in [0.15, 0.2) is 48.5 Å². The maximum atomic E-state index is 12.9. The molecule has 33 heavy (non-hydrogen) atoms. The molecule has 0 aliphatic carbocycles. The van der Waals surface area contributed by atoms with Crippen molar-refractivity contribution >= 4 is 22.9 Å². The van der Waals surface area contributed by atoms with Gasteiger partial charge in [0, 0.05) is 26.2 Å². The van der Waals surface area contributed by atoms with Crippen LogP contribution in [0.25, 0.3) is 11.0 Å². The van der Waals surface area contributed by atoms with Crippen molar-refractivity contribution in [1.29, 1.82) is 0 Å². The first-order valence-electron chi connectivity index (χ1n) is 12.4. The van der Waals surface area contributed by atoms with Gasteiger partial charge in [0.1, 0.15) is 0 Å². The number of carbonyl (C=O) groups is 1. The van der Waals surface area contributed by atoms with Gasteiger partial charge in [0.25, 0.3) is 0 Å². The van der Waals surface area contributed by atoms with E-state index in [1.165, 1.54) is 11.1 Å². The Bertz CT molecular complexity index is 1030. The number of carbonyl (C=O) groups excluding carboxylic acids is 1. The van der Waals surface area contributed by atoms with E-state index in [0.717, 1.165) is 81.9 Å². The van der Waals surface area contributed by atoms with Gasteiger partial charge in [0.15, 0.2) is 0 Å². The van der Waals surface area contributed by atoms with Crippen LogP contribution in [0.4, 0.5) is 5.95 Å². The number of fused-ring (bicyclic) bond motifs is 1. The van der Waals surface area contributed by atoms with Crippen molar-refractivity contribution in [3.63, 3.8) is 0 Å². The summed E-state index contributed by atoms with van der Waals surface area (Å²) in [5.41, 5.74) is 4.73. The lowest BCUT2D eigenvalue weighted by atomic mass is 9.94. The van der Waals surface area contributed by atoms with E-state index < -0.39 is 0 Å². The van der Waals surface area contributed by atoms with E-state index in [9.17, 15) is 4.79 Å². The molecule has 1 amide bonds. The Labute approximate surface area is 196 Å². The summed E-state index contributed by atoms with van der Waals surface area (Å²) in [6.07, 6.45) is 4.29. The Balaban J connectivity index is 1.07. The van der Waals surface area contributed by atoms with Gasteiger partial charge in [-0.1, -0.05) is 42.0 Å². The van der Waals surface area contributed by atoms with Gasteiger partial charge < -0.3 is 15.2 Å². The first kappa shape index (κ1) is 22.0. The highest BCUT2D eigenvalue weighted by molar-refractivity contribution is 5.80. The number of likely N-dealkylation sites (tertiary alicyclic amines) is 1. The maximum Gasteiger partial charge on any atom is 0.224 e. The smallest absolute Gasteiger partial charge is 0.224 e. The Morgan fingerprint density at radius 2 is 1.85 bits per heavy atom. The summed E-state index contributed by atoms with van der Waals surface area (Å²) in [7, 11) is 0. The molecule has 2 N–H and O–H groups in total. The van der Waals surface area contributed by atoms with Crippen LogP contribution in [0.1, 0.15) is 36.8 Å². The second-order valence-electron chi connectivity index (χ2n) is 9.81. The summed E-state index contributed by atoms with van der Waals surface area (Å²) in [5, 5.41) is 3.28. The summed E-state index contributed by atoms with van der Waals surface area (Å²) >= 11 is 0. The largest absolute Gasteiger partial charge is 0.356 e. The Morgan fingerprint density at radius 1 is 1.06 bits per heavy atom. The topological polar surface area (TPSA) is 64.3 Å². The number of aromatic nitrogens is 2. The van der Waals surface area contributed by atoms with Crippen molar-refractivity contribution in [3.8, 4) is 0 Å². The number of aromatic amines is 1. The van der Waals surface area contributed by atoms with Crippen LogP contribution in [0.5, 0.6) is 0 Å². The molecule has 5 rings (SSSR count). The summed E-state index contributed by atoms with van der Waals surface area (Å²) < 4.78 is 0. The van der Waals surface area contributed by atoms with Crippen molar-refractivity contribution in [1.82, 2.24) is 20.2 Å². The summed E-state index contributed by atoms with van der Waals surface area (Å²) in [4.78, 5) is 25.9. The quantitative estimate of drug-likeness (QED) is 0.599. The lowest BCUT2D eigenvalue weighted by Gasteiger charge is -2.34. The fourth-order valence-electron chi connectivity index (χ4n) is 5.16. The normalized spacial score (nSPS) is 20.3. The zero-order valence-electron chi connectivity index (χ0n) is 19.6. The second-order valence-corrected chi connectivity index (χ2v) is 9.81. The minimum Gasteiger partial charge on any atom is -0.356 e. The second kappa shape index (κ2) is 9.96. The highest BCUT2D eigenvalue weighted by atomic mass is 16.1. The van der Waals surface area contributed by atoms with Gasteiger partial charge in [-0.15, -0.1) is 0 Å². The van der Waals surface area contributed by atoms with Crippen LogP contribution in [-0.2, 0) is 11.3 Å². The number of para-hydroxylation sites is 2. The van der Waals surface area contributed by atoms with Crippen molar-refractivity contribution < 1.29 is 4.79 Å². The third kappa shape index (κ3) is 5.38. The lowest BCUT2D eigenvalue weighted by Crippen LogP contribution is -2.45. The molecule has 2 saturated heterocycles. The zero-order valence-corrected chi connectivity index (χ0v) is 19.6. The number of benzene rings is 2. The first-order chi connectivity index (χ1) is 16.1. The SMILES string of the molecule is Cc1ccc(CN2CCC(CNC(=O)C3CCCN(c4nc5ccccc5[nH]4)C3)CC2)cc1. The van der Waals surface area contributed by atoms with Crippen LogP contribution in [0.3, 0.4) is 0 Å². The Hall–Kier alpha value is -2.86. The number of piperidine rings is 2. The molecule has 1 aromatic heterocycles. The predicted octanol–water partition coefficient (Wildman–Crippen LogP) is 4.12. The molecular formula is C27H35N5O. The highest BCUT2D eigenvalue weighted by Gasteiger charge is 2.28. The third-order valence-corrected chi connectivity index (χ3v) is 7.27. The highest BCUT2D eigenvalue weighted by Crippen LogP contribution is 2.24. The number of nitrogens with zero attached hydrogens (tertiary/aromatic N) is 3. The zero-order chi connectivity index (χ0) is 22.6. The maximum absolute atomic E-state index is 12.9. The summed E-state index contributed by atoms with van der Waals surface area (Å²) in [6.45, 7) is 7.86. The van der Waals surface area contributed by atoms with Crippen LogP contribution >= 0.6 is 0 Å². The molecule has 2 aliphatic heterocycles. The van der Waals surface area contributed by atoms with Crippen molar-refractivity contribution in [2.24, 2.45) is 11.8 Å². The van der Waals surface area contributed by atoms with E-state index in [1.807, 2.05) is 24.3 Å². The Morgan fingerprint density at radius 3 is 2.64 bits per heavy atom. The third-order valence-electron chi connectivity index (χ3n) is 7.27. The van der Waals surface area contributed by atoms with E-state index >= 15 is 0 Å². The average Bonchev–Trinajstić information content (AvgIpc) is 3.29. The number of aryl methyl sites for hydroxylation is 1. The molecule has 2 aliphatic rings. The minimum atomic E-state index is 0.0357. The van der Waals surface area contributed by atoms with Crippen molar-refractivity contribution in [2.45, 2.75) is 39.2 Å². The van der Waals surface area contributed by atoms with Gasteiger partial charge in [-0.3, -0.25) is 9.69 Å². The molecule has 0 spiro atoms. The number of amides is 1. The molecule has 174 valence electrons. The van der Waals surface area contributed by atoms with Gasteiger partial charge in [-0.25, -0.2) is 4.98 Å². The van der Waals surface area contributed by atoms with Crippen LogP contribution in [0.2, 0.25) is 0 Å². The number of nitrogens with one attached hydrogen (secondary N) is 2. The van der Waals surface area contributed by atoms with E-state index in [0.29, 0.717) is 5.92 Å². The lowest BCUT2D eigenvalue weighted by molar-refractivity contribution is -0.125. The number of rotatable bonds is 6. The van der Waals surface area contributed by atoms with Gasteiger partial charge in [0.2, 0.25) is 11.9 Å². The fourth-order valence-corrected chi connectivity index (χ4v) is 5.16. The van der Waals surface area contributed by atoms with Gasteiger partial charge >= 0.3 is 0 Å². The van der Waals surface area contributed by atoms with Gasteiger partial charge in [0.05, 0.1) is 17.0 Å². The van der Waals surface area contributed by atoms with Crippen LogP contribution in [-0.4, -0.2) is 53.5 Å². The number of hydrogen-bond acceptors (Lipinski definition) is 4. The predicted molar refractivity (Wildman–Crippen MR) is 133 cm³/mol. The average molecular weight is 446 g/mol. The van der Waals surface area contributed by atoms with E-state index in [-0.39, 0.29) is 11.8 Å². The molecule has 3 aromatic rings. The molecule has 6 heteroatoms. The standard InChI is InChI=1S/C27H35N5O/c1-20-8-10-22(11-9-20)18-31-15-12-21(13-16-31)17-28-26(33)23-5-4-14-32(19-23)27-29-24-6-2-3-7-25(24)30-27/h2-3,6-11,21,23H,4-5,12-19H2,1H3,(H,28,33)(H,29,30). The number of H-pyrrole nitrogens is 1. The monoisotopic (exact) mass is 445 g/mol. The van der Waals surface area contributed by atoms with E-state index in [4.69, 9.17) is 4.98 Å². The van der Waals surface area contributed by atoms with Gasteiger partial charge in [-0.05, 0) is 69.3 Å². The molecule has 1 unspecified atom stereocenters. The van der Waals surface area contributed by atoms with Crippen LogP contribution in [0, 0.1) is 18.8 Å².